The van der Waals surface area contributed by atoms with E-state index in [0.717, 1.165) is 0 Å². The average Bonchev–Trinajstić information content (AvgIpc) is 2.01. The van der Waals surface area contributed by atoms with Crippen molar-refractivity contribution in [1.82, 2.24) is 9.97 Å². The summed E-state index contributed by atoms with van der Waals surface area (Å²) >= 11 is 16.8. The number of methoxy groups -OCH3 is 1. The number of ether oxygens (including phenoxy) is 1. The third kappa shape index (κ3) is 2.59. The summed E-state index contributed by atoms with van der Waals surface area (Å²) in [5.74, 6) is 0. The fourth-order valence-electron chi connectivity index (χ4n) is 0.766. The highest BCUT2D eigenvalue weighted by molar-refractivity contribution is 6.39. The van der Waals surface area contributed by atoms with Crippen molar-refractivity contribution in [3.8, 4) is 0 Å². The first-order valence-electron chi connectivity index (χ1n) is 3.38. The smallest absolute Gasteiger partial charge is 0.225 e. The third-order valence-corrected chi connectivity index (χ3v) is 1.96. The van der Waals surface area contributed by atoms with Crippen molar-refractivity contribution in [2.75, 3.05) is 18.9 Å². The van der Waals surface area contributed by atoms with Gasteiger partial charge < -0.3 is 15.0 Å². The number of anilines is 1. The van der Waals surface area contributed by atoms with E-state index in [4.69, 9.17) is 34.8 Å². The number of aromatic nitrogens is 2. The lowest BCUT2D eigenvalue weighted by Crippen LogP contribution is -2.19. The Bertz CT molecular complexity index is 313. The van der Waals surface area contributed by atoms with Crippen LogP contribution in [-0.4, -0.2) is 23.8 Å². The van der Waals surface area contributed by atoms with Crippen LogP contribution in [0.1, 0.15) is 0 Å². The van der Waals surface area contributed by atoms with Crippen LogP contribution in [0.2, 0.25) is 15.6 Å². The molecule has 0 atom stereocenters. The van der Waals surface area contributed by atoms with Crippen LogP contribution in [0.3, 0.4) is 0 Å². The molecule has 0 fully saturated rings. The number of hydrogen-bond donors (Lipinski definition) is 0. The molecule has 0 radical (unpaired) electrons. The Morgan fingerprint density at radius 1 is 1.29 bits per heavy atom. The monoisotopic (exact) mass is 256 g/mol. The Morgan fingerprint density at radius 2 is 1.79 bits per heavy atom. The Balaban J connectivity index is 3.07. The first-order chi connectivity index (χ1) is 6.56. The molecule has 0 aliphatic heterocycles. The first-order valence-corrected chi connectivity index (χ1v) is 4.51. The topological polar surface area (TPSA) is 61.3 Å². The van der Waals surface area contributed by atoms with Crippen molar-refractivity contribution in [2.24, 2.45) is 0 Å². The van der Waals surface area contributed by atoms with E-state index in [2.05, 4.69) is 14.7 Å². The molecule has 0 unspecified atom stereocenters. The summed E-state index contributed by atoms with van der Waals surface area (Å²) in [7, 11) is 1.36. The molecule has 0 spiro atoms. The van der Waals surface area contributed by atoms with Gasteiger partial charge >= 0.3 is 0 Å². The minimum Gasteiger partial charge on any atom is -0.757 e. The molecule has 0 aromatic carbocycles. The van der Waals surface area contributed by atoms with Gasteiger partial charge in [0.05, 0.1) is 0 Å². The van der Waals surface area contributed by atoms with Crippen LogP contribution in [0.25, 0.3) is 0 Å². The molecule has 0 saturated carbocycles. The van der Waals surface area contributed by atoms with Crippen molar-refractivity contribution in [1.29, 1.82) is 0 Å². The molecule has 0 saturated heterocycles. The molecule has 14 heavy (non-hydrogen) atoms. The lowest BCUT2D eigenvalue weighted by molar-refractivity contribution is 0.205. The van der Waals surface area contributed by atoms with E-state index < -0.39 is 0 Å². The molecule has 0 amide bonds. The molecular weight excluding hydrogens is 252 g/mol. The van der Waals surface area contributed by atoms with E-state index in [0.29, 0.717) is 5.06 Å². The maximum atomic E-state index is 11.3. The van der Waals surface area contributed by atoms with Gasteiger partial charge in [-0.3, -0.25) is 0 Å². The molecule has 8 heteroatoms. The van der Waals surface area contributed by atoms with Gasteiger partial charge in [-0.05, 0) is 11.6 Å². The van der Waals surface area contributed by atoms with Gasteiger partial charge in [-0.15, -0.1) is 0 Å². The summed E-state index contributed by atoms with van der Waals surface area (Å²) < 4.78 is 4.61. The molecule has 1 heterocycles. The zero-order valence-corrected chi connectivity index (χ0v) is 9.27. The summed E-state index contributed by atoms with van der Waals surface area (Å²) in [5, 5.41) is 11.4. The summed E-state index contributed by atoms with van der Waals surface area (Å²) in [4.78, 5) is 7.15. The minimum atomic E-state index is -0.218. The third-order valence-electron chi connectivity index (χ3n) is 1.27. The zero-order valence-electron chi connectivity index (χ0n) is 7.00. The van der Waals surface area contributed by atoms with Crippen molar-refractivity contribution in [3.05, 3.63) is 20.8 Å². The Morgan fingerprint density at radius 3 is 2.21 bits per heavy atom. The quantitative estimate of drug-likeness (QED) is 0.360. The van der Waals surface area contributed by atoms with Gasteiger partial charge in [0, 0.05) is 7.11 Å². The fraction of sp³-hybridized carbons (Fsp3) is 0.333. The van der Waals surface area contributed by atoms with Crippen LogP contribution in [0.4, 0.5) is 5.69 Å². The van der Waals surface area contributed by atoms with E-state index in [1.54, 1.807) is 0 Å². The minimum absolute atomic E-state index is 0.0559. The largest absolute Gasteiger partial charge is 0.757 e. The Hall–Kier alpha value is -0.330. The van der Waals surface area contributed by atoms with Gasteiger partial charge in [-0.25, -0.2) is 9.97 Å². The van der Waals surface area contributed by atoms with Crippen LogP contribution in [0.5, 0.6) is 0 Å². The molecule has 1 aromatic rings. The van der Waals surface area contributed by atoms with Gasteiger partial charge in [-0.1, -0.05) is 23.2 Å². The number of hydroxylamine groups is 1. The number of hydrogen-bond acceptors (Lipinski definition) is 5. The predicted octanol–water partition coefficient (Wildman–Crippen LogP) is 2.34. The summed E-state index contributed by atoms with van der Waals surface area (Å²) in [6, 6.07) is 0. The van der Waals surface area contributed by atoms with Crippen molar-refractivity contribution < 1.29 is 4.74 Å². The highest BCUT2D eigenvalue weighted by Crippen LogP contribution is 2.31. The number of rotatable bonds is 3. The van der Waals surface area contributed by atoms with Gasteiger partial charge in [0.25, 0.3) is 0 Å². The summed E-state index contributed by atoms with van der Waals surface area (Å²) in [6.45, 7) is -0.218. The first kappa shape index (κ1) is 11.7. The van der Waals surface area contributed by atoms with Crippen LogP contribution >= 0.6 is 34.8 Å². The maximum absolute atomic E-state index is 11.3. The Kier molecular flexibility index (Phi) is 4.15. The lowest BCUT2D eigenvalue weighted by Gasteiger charge is -2.29. The van der Waals surface area contributed by atoms with Gasteiger partial charge in [0.15, 0.2) is 10.3 Å². The van der Waals surface area contributed by atoms with E-state index in [9.17, 15) is 5.21 Å². The second-order valence-corrected chi connectivity index (χ2v) is 3.27. The van der Waals surface area contributed by atoms with Crippen molar-refractivity contribution in [2.45, 2.75) is 0 Å². The SMILES string of the molecule is COCN([O-])c1c(Cl)nc(Cl)nc1Cl. The molecule has 78 valence electrons. The normalized spacial score (nSPS) is 10.4. The standard InChI is InChI=1S/C6H5Cl3N3O2/c1-14-2-12(13)3-4(7)10-6(9)11-5(3)8/h2H2,1H3/q-1. The zero-order chi connectivity index (χ0) is 10.7. The molecule has 1 aromatic heterocycles. The van der Waals surface area contributed by atoms with Gasteiger partial charge in [-0.2, -0.15) is 0 Å². The van der Waals surface area contributed by atoms with Crippen molar-refractivity contribution >= 4 is 40.5 Å². The van der Waals surface area contributed by atoms with E-state index in [1.807, 2.05) is 0 Å². The lowest BCUT2D eigenvalue weighted by atomic mass is 10.5. The van der Waals surface area contributed by atoms with Crippen LogP contribution < -0.4 is 5.06 Å². The number of nitrogens with zero attached hydrogens (tertiary/aromatic N) is 3. The van der Waals surface area contributed by atoms with E-state index in [1.165, 1.54) is 7.11 Å². The molecular formula is C6H5Cl3N3O2-. The van der Waals surface area contributed by atoms with Crippen molar-refractivity contribution in [3.63, 3.8) is 0 Å². The summed E-state index contributed by atoms with van der Waals surface area (Å²) in [5.41, 5.74) is -0.0559. The highest BCUT2D eigenvalue weighted by Gasteiger charge is 2.11. The molecule has 5 nitrogen and oxygen atoms in total. The molecule has 1 rings (SSSR count). The van der Waals surface area contributed by atoms with Crippen LogP contribution in [0, 0.1) is 5.21 Å². The fourth-order valence-corrected chi connectivity index (χ4v) is 1.60. The second-order valence-electron chi connectivity index (χ2n) is 2.22. The predicted molar refractivity (Wildman–Crippen MR) is 54.8 cm³/mol. The van der Waals surface area contributed by atoms with E-state index in [-0.39, 0.29) is 28.0 Å². The molecule has 0 N–H and O–H groups in total. The van der Waals surface area contributed by atoms with Crippen LogP contribution in [-0.2, 0) is 4.74 Å². The summed E-state index contributed by atoms with van der Waals surface area (Å²) in [6.07, 6.45) is 0. The average molecular weight is 257 g/mol. The Labute approximate surface area is 95.1 Å². The van der Waals surface area contributed by atoms with Gasteiger partial charge in [0.2, 0.25) is 5.28 Å². The molecule has 0 bridgehead atoms. The molecule has 0 aliphatic rings. The van der Waals surface area contributed by atoms with Gasteiger partial charge in [0.1, 0.15) is 12.4 Å². The second kappa shape index (κ2) is 4.95. The number of halogens is 3. The molecule has 0 aliphatic carbocycles. The van der Waals surface area contributed by atoms with E-state index >= 15 is 0 Å². The highest BCUT2D eigenvalue weighted by atomic mass is 35.5. The maximum Gasteiger partial charge on any atom is 0.225 e. The van der Waals surface area contributed by atoms with Crippen LogP contribution in [0.15, 0.2) is 0 Å².